The van der Waals surface area contributed by atoms with Crippen LogP contribution in [0.2, 0.25) is 0 Å². The van der Waals surface area contributed by atoms with Crippen molar-refractivity contribution in [2.75, 3.05) is 77.5 Å². The second-order valence-corrected chi connectivity index (χ2v) is 21.0. The highest BCUT2D eigenvalue weighted by Gasteiger charge is 2.39. The molecule has 0 aliphatic carbocycles. The van der Waals surface area contributed by atoms with Gasteiger partial charge in [0.15, 0.2) is 0 Å². The van der Waals surface area contributed by atoms with E-state index in [0.717, 1.165) is 75.7 Å². The molecular formula is C40H52Br2O4P2. The smallest absolute Gasteiger partial charge is 0.0847 e. The lowest BCUT2D eigenvalue weighted by molar-refractivity contribution is -0.00100. The molecule has 1 fully saturated rings. The SMILES string of the molecule is [Br-].[Br-].c1ccc(C[P+]2(Cc3ccccc3)CCOCCOCC[P+](Cc3ccccc3)(Cc3ccccc3)CCOCCOCC2)cc1. The standard InChI is InChI=1S/C40H52O4P2.2BrH/c1-5-13-37(14-6-1)33-45(34-38-15-7-2-8-16-38)29-25-41-21-23-43-27-31-46(35-39-17-9-3-10-18-39,36-40-19-11-4-12-20-40)32-28-44-24-22-42-26-30-45;;/h1-20H,21-36H2;2*1H/q+2;;/p-2. The molecular weight excluding hydrogens is 766 g/mol. The normalized spacial score (nSPS) is 17.8. The van der Waals surface area contributed by atoms with Crippen molar-refractivity contribution in [2.45, 2.75) is 24.6 Å². The van der Waals surface area contributed by atoms with Gasteiger partial charge in [0.25, 0.3) is 0 Å². The molecule has 260 valence electrons. The maximum absolute atomic E-state index is 6.30. The van der Waals surface area contributed by atoms with Crippen LogP contribution in [0.25, 0.3) is 0 Å². The summed E-state index contributed by atoms with van der Waals surface area (Å²) in [6, 6.07) is 43.9. The summed E-state index contributed by atoms with van der Waals surface area (Å²) in [5.74, 6) is 0. The zero-order valence-corrected chi connectivity index (χ0v) is 33.1. The summed E-state index contributed by atoms with van der Waals surface area (Å²) in [7, 11) is -2.91. The van der Waals surface area contributed by atoms with Gasteiger partial charge in [-0.2, -0.15) is 0 Å². The lowest BCUT2D eigenvalue weighted by Crippen LogP contribution is -3.00. The molecule has 1 aliphatic heterocycles. The maximum atomic E-state index is 6.30. The Morgan fingerprint density at radius 3 is 0.729 bits per heavy atom. The van der Waals surface area contributed by atoms with Gasteiger partial charge in [-0.3, -0.25) is 0 Å². The fourth-order valence-electron chi connectivity index (χ4n) is 6.53. The van der Waals surface area contributed by atoms with Crippen LogP contribution in [0, 0.1) is 0 Å². The predicted molar refractivity (Wildman–Crippen MR) is 197 cm³/mol. The molecule has 0 atom stereocenters. The van der Waals surface area contributed by atoms with Crippen molar-refractivity contribution in [1.82, 2.24) is 0 Å². The van der Waals surface area contributed by atoms with Gasteiger partial charge in [0, 0.05) is 14.5 Å². The number of halogens is 2. The number of rotatable bonds is 8. The summed E-state index contributed by atoms with van der Waals surface area (Å²) < 4.78 is 25.2. The molecule has 0 radical (unpaired) electrons. The average Bonchev–Trinajstić information content (AvgIpc) is 3.08. The molecule has 0 bridgehead atoms. The molecule has 0 spiro atoms. The average molecular weight is 819 g/mol. The Morgan fingerprint density at radius 1 is 0.312 bits per heavy atom. The van der Waals surface area contributed by atoms with Crippen molar-refractivity contribution in [3.05, 3.63) is 144 Å². The summed E-state index contributed by atoms with van der Waals surface area (Å²) in [4.78, 5) is 0. The van der Waals surface area contributed by atoms with Crippen molar-refractivity contribution in [1.29, 1.82) is 0 Å². The van der Waals surface area contributed by atoms with Crippen LogP contribution in [0.4, 0.5) is 0 Å². The van der Waals surface area contributed by atoms with E-state index in [9.17, 15) is 0 Å². The Kier molecular flexibility index (Phi) is 19.7. The van der Waals surface area contributed by atoms with Gasteiger partial charge in [0.05, 0.1) is 102 Å². The van der Waals surface area contributed by atoms with E-state index in [1.54, 1.807) is 0 Å². The lowest BCUT2D eigenvalue weighted by Gasteiger charge is -2.29. The third-order valence-electron chi connectivity index (χ3n) is 9.03. The van der Waals surface area contributed by atoms with Gasteiger partial charge in [-0.25, -0.2) is 0 Å². The van der Waals surface area contributed by atoms with E-state index in [4.69, 9.17) is 18.9 Å². The zero-order chi connectivity index (χ0) is 31.6. The van der Waals surface area contributed by atoms with Gasteiger partial charge in [0.2, 0.25) is 0 Å². The minimum Gasteiger partial charge on any atom is -1.00 e. The molecule has 4 nitrogen and oxygen atoms in total. The van der Waals surface area contributed by atoms with Crippen LogP contribution in [-0.2, 0) is 43.6 Å². The molecule has 1 aliphatic rings. The van der Waals surface area contributed by atoms with Gasteiger partial charge >= 0.3 is 0 Å². The number of ether oxygens (including phenoxy) is 4. The predicted octanol–water partition coefficient (Wildman–Crippen LogP) is 2.91. The third-order valence-corrected chi connectivity index (χ3v) is 17.7. The fourth-order valence-corrected chi connectivity index (χ4v) is 14.5. The second kappa shape index (κ2) is 23.1. The molecule has 0 N–H and O–H groups in total. The largest absolute Gasteiger partial charge is 1.00 e. The summed E-state index contributed by atoms with van der Waals surface area (Å²) in [5.41, 5.74) is 5.66. The van der Waals surface area contributed by atoms with Gasteiger partial charge in [-0.05, 0) is 22.3 Å². The third kappa shape index (κ3) is 14.4. The van der Waals surface area contributed by atoms with E-state index in [0.29, 0.717) is 26.4 Å². The molecule has 48 heavy (non-hydrogen) atoms. The first kappa shape index (κ1) is 41.0. The van der Waals surface area contributed by atoms with Crippen LogP contribution in [0.1, 0.15) is 22.3 Å². The second-order valence-electron chi connectivity index (χ2n) is 12.6. The molecule has 1 heterocycles. The summed E-state index contributed by atoms with van der Waals surface area (Å²) in [6.45, 7) is 5.60. The fraction of sp³-hybridized carbons (Fsp3) is 0.400. The van der Waals surface area contributed by atoms with Crippen molar-refractivity contribution >= 4 is 14.5 Å². The molecule has 4 aromatic carbocycles. The Labute approximate surface area is 311 Å². The first-order valence-corrected chi connectivity index (χ1v) is 22.0. The van der Waals surface area contributed by atoms with Gasteiger partial charge < -0.3 is 52.9 Å². The Hall–Kier alpha value is -1.46. The van der Waals surface area contributed by atoms with E-state index >= 15 is 0 Å². The monoisotopic (exact) mass is 816 g/mol. The van der Waals surface area contributed by atoms with Crippen molar-refractivity contribution in [3.63, 3.8) is 0 Å². The number of benzene rings is 4. The molecule has 4 aromatic rings. The van der Waals surface area contributed by atoms with Crippen LogP contribution in [0.15, 0.2) is 121 Å². The van der Waals surface area contributed by atoms with Crippen LogP contribution in [0.5, 0.6) is 0 Å². The summed E-state index contributed by atoms with van der Waals surface area (Å²) >= 11 is 0. The van der Waals surface area contributed by atoms with Gasteiger partial charge in [0.1, 0.15) is 0 Å². The van der Waals surface area contributed by atoms with Gasteiger partial charge in [-0.1, -0.05) is 121 Å². The van der Waals surface area contributed by atoms with Crippen LogP contribution < -0.4 is 34.0 Å². The first-order chi connectivity index (χ1) is 22.7. The summed E-state index contributed by atoms with van der Waals surface area (Å²) in [5, 5.41) is 0. The van der Waals surface area contributed by atoms with E-state index in [1.165, 1.54) is 22.3 Å². The Bertz CT molecular complexity index is 1150. The molecule has 0 amide bonds. The van der Waals surface area contributed by atoms with E-state index in [-0.39, 0.29) is 34.0 Å². The Balaban J connectivity index is 0.00000312. The minimum absolute atomic E-state index is 0. The highest BCUT2D eigenvalue weighted by molar-refractivity contribution is 7.74. The van der Waals surface area contributed by atoms with Crippen LogP contribution in [-0.4, -0.2) is 77.5 Å². The van der Waals surface area contributed by atoms with Crippen molar-refractivity contribution < 1.29 is 52.9 Å². The van der Waals surface area contributed by atoms with E-state index in [2.05, 4.69) is 121 Å². The molecule has 0 saturated carbocycles. The Morgan fingerprint density at radius 2 is 0.521 bits per heavy atom. The maximum Gasteiger partial charge on any atom is 0.0847 e. The zero-order valence-electron chi connectivity index (χ0n) is 28.1. The van der Waals surface area contributed by atoms with E-state index in [1.807, 2.05) is 0 Å². The highest BCUT2D eigenvalue weighted by Crippen LogP contribution is 2.64. The highest BCUT2D eigenvalue weighted by atomic mass is 79.9. The summed E-state index contributed by atoms with van der Waals surface area (Å²) in [6.07, 6.45) is 8.76. The lowest BCUT2D eigenvalue weighted by atomic mass is 10.2. The van der Waals surface area contributed by atoms with Gasteiger partial charge in [-0.15, -0.1) is 0 Å². The van der Waals surface area contributed by atoms with E-state index < -0.39 is 14.5 Å². The molecule has 0 aromatic heterocycles. The van der Waals surface area contributed by atoms with Crippen LogP contribution >= 0.6 is 14.5 Å². The minimum atomic E-state index is -1.46. The molecule has 8 heteroatoms. The first-order valence-electron chi connectivity index (χ1n) is 16.9. The number of hydrogen-bond donors (Lipinski definition) is 0. The quantitative estimate of drug-likeness (QED) is 0.257. The van der Waals surface area contributed by atoms with Crippen molar-refractivity contribution in [2.24, 2.45) is 0 Å². The topological polar surface area (TPSA) is 36.9 Å². The molecule has 5 rings (SSSR count). The number of hydrogen-bond acceptors (Lipinski definition) is 4. The molecule has 0 unspecified atom stereocenters. The van der Waals surface area contributed by atoms with Crippen molar-refractivity contribution in [3.8, 4) is 0 Å². The van der Waals surface area contributed by atoms with Crippen LogP contribution in [0.3, 0.4) is 0 Å². The molecule has 1 saturated heterocycles.